The van der Waals surface area contributed by atoms with Crippen LogP contribution in [0.2, 0.25) is 0 Å². The smallest absolute Gasteiger partial charge is 0.235 e. The van der Waals surface area contributed by atoms with Crippen LogP contribution in [0.25, 0.3) is 11.0 Å². The largest absolute Gasteiger partial charge is 0.595 e. The molecule has 2 N–H and O–H groups in total. The molecule has 0 fully saturated rings. The second kappa shape index (κ2) is 9.11. The molecule has 1 aromatic heterocycles. The Morgan fingerprint density at radius 2 is 1.62 bits per heavy atom. The van der Waals surface area contributed by atoms with Crippen molar-refractivity contribution < 1.29 is 29.1 Å². The minimum absolute atomic E-state index is 0.120. The predicted molar refractivity (Wildman–Crippen MR) is 117 cm³/mol. The van der Waals surface area contributed by atoms with Crippen LogP contribution in [0.1, 0.15) is 11.3 Å². The molecule has 0 saturated heterocycles. The zero-order valence-electron chi connectivity index (χ0n) is 17.5. The van der Waals surface area contributed by atoms with Crippen LogP contribution in [0, 0.1) is 12.1 Å². The van der Waals surface area contributed by atoms with E-state index in [1.54, 1.807) is 68.6 Å². The maximum absolute atomic E-state index is 13.0. The molecule has 32 heavy (non-hydrogen) atoms. The normalized spacial score (nSPS) is 11.9. The molecule has 4 rings (SSSR count). The molecule has 1 heterocycles. The van der Waals surface area contributed by atoms with Gasteiger partial charge in [-0.3, -0.25) is 4.79 Å². The minimum atomic E-state index is -0.979. The highest BCUT2D eigenvalue weighted by Crippen LogP contribution is 2.28. The molecule has 164 valence electrons. The molecular formula is C24H21NO7. The summed E-state index contributed by atoms with van der Waals surface area (Å²) < 4.78 is 22.5. The van der Waals surface area contributed by atoms with E-state index in [-0.39, 0.29) is 23.5 Å². The summed E-state index contributed by atoms with van der Waals surface area (Å²) in [5.41, 5.74) is 1.13. The Morgan fingerprint density at radius 1 is 0.969 bits per heavy atom. The van der Waals surface area contributed by atoms with Crippen LogP contribution in [-0.2, 0) is 6.61 Å². The fourth-order valence-electron chi connectivity index (χ4n) is 3.15. The number of fused-ring (bicyclic) bond motifs is 1. The van der Waals surface area contributed by atoms with Gasteiger partial charge in [-0.25, -0.2) is 5.21 Å². The van der Waals surface area contributed by atoms with Crippen molar-refractivity contribution >= 4 is 16.7 Å². The molecule has 0 bridgehead atoms. The van der Waals surface area contributed by atoms with Gasteiger partial charge in [0.05, 0.1) is 12.5 Å². The lowest BCUT2D eigenvalue weighted by Gasteiger charge is -2.12. The molecular weight excluding hydrogens is 414 g/mol. The highest BCUT2D eigenvalue weighted by atomic mass is 16.8. The van der Waals surface area contributed by atoms with Crippen LogP contribution in [0.15, 0.2) is 75.9 Å². The Labute approximate surface area is 183 Å². The van der Waals surface area contributed by atoms with Crippen molar-refractivity contribution in [3.05, 3.63) is 93.5 Å². The number of rotatable bonds is 7. The summed E-state index contributed by atoms with van der Waals surface area (Å²) in [7, 11) is 1.57. The average Bonchev–Trinajstić information content (AvgIpc) is 2.81. The van der Waals surface area contributed by atoms with Gasteiger partial charge in [-0.2, -0.15) is 5.23 Å². The van der Waals surface area contributed by atoms with Gasteiger partial charge in [-0.1, -0.05) is 0 Å². The molecule has 0 aliphatic heterocycles. The Bertz CT molecular complexity index is 1280. The van der Waals surface area contributed by atoms with Crippen LogP contribution in [0.5, 0.6) is 23.0 Å². The molecule has 0 spiro atoms. The van der Waals surface area contributed by atoms with E-state index in [0.29, 0.717) is 34.0 Å². The number of hydrogen-bond acceptors (Lipinski definition) is 7. The highest BCUT2D eigenvalue weighted by molar-refractivity contribution is 5.79. The molecule has 8 heteroatoms. The second-order valence-electron chi connectivity index (χ2n) is 7.04. The topological polar surface area (TPSA) is 106 Å². The third-order valence-corrected chi connectivity index (χ3v) is 4.87. The number of quaternary nitrogens is 1. The van der Waals surface area contributed by atoms with Crippen molar-refractivity contribution in [2.75, 3.05) is 7.11 Å². The first-order chi connectivity index (χ1) is 15.4. The molecule has 8 nitrogen and oxygen atoms in total. The number of ether oxygens (including phenoxy) is 3. The summed E-state index contributed by atoms with van der Waals surface area (Å²) in [6, 6.07) is 18.3. The Balaban J connectivity index is 1.54. The van der Waals surface area contributed by atoms with Gasteiger partial charge in [0.1, 0.15) is 35.2 Å². The summed E-state index contributed by atoms with van der Waals surface area (Å²) in [5, 5.41) is 19.3. The second-order valence-corrected chi connectivity index (χ2v) is 7.04. The van der Waals surface area contributed by atoms with Gasteiger partial charge in [-0.15, -0.1) is 0 Å². The van der Waals surface area contributed by atoms with Gasteiger partial charge in [0.2, 0.25) is 11.2 Å². The van der Waals surface area contributed by atoms with Gasteiger partial charge >= 0.3 is 0 Å². The van der Waals surface area contributed by atoms with Crippen LogP contribution in [-0.4, -0.2) is 12.3 Å². The molecule has 0 saturated carbocycles. The number of aryl methyl sites for hydroxylation is 1. The molecule has 0 aliphatic rings. The third kappa shape index (κ3) is 4.57. The lowest BCUT2D eigenvalue weighted by molar-refractivity contribution is -0.991. The molecule has 0 aliphatic carbocycles. The maximum Gasteiger partial charge on any atom is 0.235 e. The van der Waals surface area contributed by atoms with Gasteiger partial charge in [0.15, 0.2) is 5.69 Å². The molecule has 1 unspecified atom stereocenters. The van der Waals surface area contributed by atoms with E-state index in [1.807, 2.05) is 0 Å². The zero-order chi connectivity index (χ0) is 22.7. The zero-order valence-corrected chi connectivity index (χ0v) is 17.5. The Morgan fingerprint density at radius 3 is 2.28 bits per heavy atom. The fraction of sp³-hybridized carbons (Fsp3) is 0.125. The van der Waals surface area contributed by atoms with Crippen LogP contribution in [0.3, 0.4) is 0 Å². The van der Waals surface area contributed by atoms with Crippen molar-refractivity contribution in [2.45, 2.75) is 13.5 Å². The SMILES string of the molecule is COc1ccc(Oc2c(C)oc3cc(OCc4ccc([NH+]([O-])O)cc4)ccc3c2=O)cc1. The van der Waals surface area contributed by atoms with Crippen molar-refractivity contribution in [1.82, 2.24) is 0 Å². The van der Waals surface area contributed by atoms with Crippen LogP contribution in [0.4, 0.5) is 5.69 Å². The molecule has 3 aromatic carbocycles. The van der Waals surface area contributed by atoms with Crippen molar-refractivity contribution in [2.24, 2.45) is 0 Å². The first kappa shape index (κ1) is 21.4. The van der Waals surface area contributed by atoms with Gasteiger partial charge in [0.25, 0.3) is 0 Å². The number of nitrogens with one attached hydrogen (secondary N) is 1. The van der Waals surface area contributed by atoms with E-state index < -0.39 is 5.23 Å². The van der Waals surface area contributed by atoms with Crippen molar-refractivity contribution in [3.8, 4) is 23.0 Å². The first-order valence-corrected chi connectivity index (χ1v) is 9.79. The summed E-state index contributed by atoms with van der Waals surface area (Å²) in [6.07, 6.45) is 0. The average molecular weight is 435 g/mol. The van der Waals surface area contributed by atoms with Gasteiger partial charge in [-0.05, 0) is 61.0 Å². The summed E-state index contributed by atoms with van der Waals surface area (Å²) in [4.78, 5) is 13.0. The van der Waals surface area contributed by atoms with Crippen LogP contribution < -0.4 is 24.9 Å². The minimum Gasteiger partial charge on any atom is -0.595 e. The third-order valence-electron chi connectivity index (χ3n) is 4.87. The van der Waals surface area contributed by atoms with E-state index in [2.05, 4.69) is 0 Å². The number of methoxy groups -OCH3 is 1. The monoisotopic (exact) mass is 435 g/mol. The molecule has 4 aromatic rings. The van der Waals surface area contributed by atoms with Crippen molar-refractivity contribution in [3.63, 3.8) is 0 Å². The standard InChI is InChI=1S/C24H21NO7/c1-15-24(32-19-9-7-18(29-2)8-10-19)23(26)21-12-11-20(13-22(21)31-15)30-14-16-3-5-17(6-4-16)25(27)28/h3-13,25,27H,14H2,1-2H3. The van der Waals surface area contributed by atoms with E-state index in [4.69, 9.17) is 23.8 Å². The van der Waals surface area contributed by atoms with Gasteiger partial charge in [0, 0.05) is 18.2 Å². The molecule has 1 atom stereocenters. The van der Waals surface area contributed by atoms with Crippen LogP contribution >= 0.6 is 0 Å². The van der Waals surface area contributed by atoms with E-state index >= 15 is 0 Å². The van der Waals surface area contributed by atoms with Crippen molar-refractivity contribution in [1.29, 1.82) is 0 Å². The van der Waals surface area contributed by atoms with E-state index in [1.165, 1.54) is 12.1 Å². The Kier molecular flexibility index (Phi) is 6.09. The molecule has 0 radical (unpaired) electrons. The van der Waals surface area contributed by atoms with E-state index in [0.717, 1.165) is 5.56 Å². The van der Waals surface area contributed by atoms with E-state index in [9.17, 15) is 10.0 Å². The quantitative estimate of drug-likeness (QED) is 0.424. The number of hydrogen-bond donors (Lipinski definition) is 2. The fourth-order valence-corrected chi connectivity index (χ4v) is 3.15. The summed E-state index contributed by atoms with van der Waals surface area (Å²) in [6.45, 7) is 1.91. The highest BCUT2D eigenvalue weighted by Gasteiger charge is 2.15. The lowest BCUT2D eigenvalue weighted by Crippen LogP contribution is -2.99. The lowest BCUT2D eigenvalue weighted by atomic mass is 10.2. The first-order valence-electron chi connectivity index (χ1n) is 9.79. The Hall–Kier alpha value is -3.85. The number of benzene rings is 3. The molecule has 0 amide bonds. The summed E-state index contributed by atoms with van der Waals surface area (Å²) >= 11 is 0. The maximum atomic E-state index is 13.0. The predicted octanol–water partition coefficient (Wildman–Crippen LogP) is 3.88. The summed E-state index contributed by atoms with van der Waals surface area (Å²) in [5.74, 6) is 2.17. The van der Waals surface area contributed by atoms with Gasteiger partial charge < -0.3 is 23.8 Å².